The molecule has 0 bridgehead atoms. The van der Waals surface area contributed by atoms with Gasteiger partial charge >= 0.3 is 5.97 Å². The number of thiophene rings is 1. The van der Waals surface area contributed by atoms with E-state index in [-0.39, 0.29) is 18.9 Å². The number of carboxylic acids is 1. The van der Waals surface area contributed by atoms with Crippen molar-refractivity contribution in [2.24, 2.45) is 5.41 Å². The molecule has 1 heterocycles. The second-order valence-corrected chi connectivity index (χ2v) is 6.50. The normalized spacial score (nSPS) is 12.5. The minimum atomic E-state index is -1.07. The van der Waals surface area contributed by atoms with Crippen LogP contribution in [0.1, 0.15) is 37.6 Å². The number of carbonyl (C=O) groups is 3. The van der Waals surface area contributed by atoms with Gasteiger partial charge < -0.3 is 15.7 Å². The minimum Gasteiger partial charge on any atom is -0.480 e. The van der Waals surface area contributed by atoms with Crippen molar-refractivity contribution in [3.05, 3.63) is 22.4 Å². The Labute approximate surface area is 127 Å². The van der Waals surface area contributed by atoms with Crippen LogP contribution in [0, 0.1) is 5.41 Å². The second-order valence-electron chi connectivity index (χ2n) is 5.72. The van der Waals surface area contributed by atoms with E-state index >= 15 is 0 Å². The average molecular weight is 312 g/mol. The first-order valence-corrected chi connectivity index (χ1v) is 7.48. The summed E-state index contributed by atoms with van der Waals surface area (Å²) in [6.07, 6.45) is 0.0374. The van der Waals surface area contributed by atoms with Gasteiger partial charge in [0.1, 0.15) is 6.04 Å². The predicted octanol–water partition coefficient (Wildman–Crippen LogP) is 1.48. The molecule has 1 aromatic heterocycles. The molecule has 0 aliphatic heterocycles. The van der Waals surface area contributed by atoms with E-state index in [1.54, 1.807) is 37.6 Å². The molecule has 1 rings (SSSR count). The standard InChI is InChI=1S/C14H20N2O4S/c1-14(2,3)11(13(19)20)16-10(17)4-6-15-12(18)9-5-7-21-8-9/h5,7-8,11H,4,6H2,1-3H3,(H,15,18)(H,16,17)(H,19,20)/t11-/m0/s1. The summed E-state index contributed by atoms with van der Waals surface area (Å²) in [5.41, 5.74) is -0.0277. The molecule has 0 saturated heterocycles. The Bertz CT molecular complexity index is 506. The van der Waals surface area contributed by atoms with Gasteiger partial charge in [-0.3, -0.25) is 9.59 Å². The molecular weight excluding hydrogens is 292 g/mol. The lowest BCUT2D eigenvalue weighted by molar-refractivity contribution is -0.144. The van der Waals surface area contributed by atoms with Crippen LogP contribution in [0.2, 0.25) is 0 Å². The zero-order valence-corrected chi connectivity index (χ0v) is 13.1. The Hall–Kier alpha value is -1.89. The molecule has 6 nitrogen and oxygen atoms in total. The van der Waals surface area contributed by atoms with E-state index in [4.69, 9.17) is 5.11 Å². The lowest BCUT2D eigenvalue weighted by Crippen LogP contribution is -2.49. The molecular formula is C14H20N2O4S. The van der Waals surface area contributed by atoms with Gasteiger partial charge in [0.25, 0.3) is 5.91 Å². The van der Waals surface area contributed by atoms with Gasteiger partial charge in [-0.25, -0.2) is 4.79 Å². The first kappa shape index (κ1) is 17.2. The minimum absolute atomic E-state index is 0.0374. The van der Waals surface area contributed by atoms with Crippen molar-refractivity contribution in [1.82, 2.24) is 10.6 Å². The SMILES string of the molecule is CC(C)(C)[C@@H](NC(=O)CCNC(=O)c1ccsc1)C(=O)O. The molecule has 0 saturated carbocycles. The molecule has 2 amide bonds. The Balaban J connectivity index is 2.40. The Morgan fingerprint density at radius 1 is 1.33 bits per heavy atom. The summed E-state index contributed by atoms with van der Waals surface area (Å²) >= 11 is 1.42. The zero-order valence-electron chi connectivity index (χ0n) is 12.3. The number of carboxylic acid groups (broad SMARTS) is 1. The maximum Gasteiger partial charge on any atom is 0.326 e. The summed E-state index contributed by atoms with van der Waals surface area (Å²) in [4.78, 5) is 34.5. The van der Waals surface area contributed by atoms with Crippen LogP contribution in [0.15, 0.2) is 16.8 Å². The van der Waals surface area contributed by atoms with Crippen molar-refractivity contribution in [3.63, 3.8) is 0 Å². The lowest BCUT2D eigenvalue weighted by Gasteiger charge is -2.27. The van der Waals surface area contributed by atoms with Crippen LogP contribution in [0.3, 0.4) is 0 Å². The fourth-order valence-electron chi connectivity index (χ4n) is 1.67. The van der Waals surface area contributed by atoms with Crippen molar-refractivity contribution in [3.8, 4) is 0 Å². The summed E-state index contributed by atoms with van der Waals surface area (Å²) in [7, 11) is 0. The van der Waals surface area contributed by atoms with E-state index in [2.05, 4.69) is 10.6 Å². The van der Waals surface area contributed by atoms with E-state index in [0.29, 0.717) is 5.56 Å². The molecule has 0 fully saturated rings. The third-order valence-electron chi connectivity index (χ3n) is 2.84. The molecule has 0 aliphatic rings. The molecule has 7 heteroatoms. The maximum atomic E-state index is 11.7. The maximum absolute atomic E-state index is 11.7. The first-order valence-electron chi connectivity index (χ1n) is 6.54. The Morgan fingerprint density at radius 2 is 2.00 bits per heavy atom. The van der Waals surface area contributed by atoms with Gasteiger partial charge in [0.15, 0.2) is 0 Å². The van der Waals surface area contributed by atoms with E-state index in [9.17, 15) is 14.4 Å². The summed E-state index contributed by atoms with van der Waals surface area (Å²) in [5, 5.41) is 17.7. The van der Waals surface area contributed by atoms with Crippen LogP contribution in [0.5, 0.6) is 0 Å². The number of hydrogen-bond acceptors (Lipinski definition) is 4. The van der Waals surface area contributed by atoms with Crippen LogP contribution >= 0.6 is 11.3 Å². The van der Waals surface area contributed by atoms with E-state index in [1.165, 1.54) is 11.3 Å². The third-order valence-corrected chi connectivity index (χ3v) is 3.52. The quantitative estimate of drug-likeness (QED) is 0.741. The topological polar surface area (TPSA) is 95.5 Å². The van der Waals surface area contributed by atoms with Crippen molar-refractivity contribution >= 4 is 29.1 Å². The summed E-state index contributed by atoms with van der Waals surface area (Å²) in [6, 6.07) is 0.734. The number of aliphatic carboxylic acids is 1. The third kappa shape index (κ3) is 5.55. The second kappa shape index (κ2) is 7.21. The van der Waals surface area contributed by atoms with Gasteiger partial charge in [-0.2, -0.15) is 11.3 Å². The largest absolute Gasteiger partial charge is 0.480 e. The number of rotatable bonds is 6. The number of carbonyl (C=O) groups excluding carboxylic acids is 2. The van der Waals surface area contributed by atoms with E-state index in [0.717, 1.165) is 0 Å². The predicted molar refractivity (Wildman–Crippen MR) is 80.3 cm³/mol. The molecule has 1 aromatic rings. The fourth-order valence-corrected chi connectivity index (χ4v) is 2.30. The van der Waals surface area contributed by atoms with Gasteiger partial charge in [0, 0.05) is 23.9 Å². The van der Waals surface area contributed by atoms with Gasteiger partial charge in [-0.1, -0.05) is 20.8 Å². The van der Waals surface area contributed by atoms with E-state index in [1.807, 2.05) is 0 Å². The molecule has 3 N–H and O–H groups in total. The van der Waals surface area contributed by atoms with Crippen LogP contribution in [0.4, 0.5) is 0 Å². The van der Waals surface area contributed by atoms with Crippen molar-refractivity contribution < 1.29 is 19.5 Å². The summed E-state index contributed by atoms with van der Waals surface area (Å²) < 4.78 is 0. The van der Waals surface area contributed by atoms with Crippen LogP contribution in [-0.4, -0.2) is 35.5 Å². The average Bonchev–Trinajstić information content (AvgIpc) is 2.87. The van der Waals surface area contributed by atoms with Crippen LogP contribution in [0.25, 0.3) is 0 Å². The highest BCUT2D eigenvalue weighted by atomic mass is 32.1. The highest BCUT2D eigenvalue weighted by molar-refractivity contribution is 7.08. The van der Waals surface area contributed by atoms with Crippen LogP contribution in [-0.2, 0) is 9.59 Å². The summed E-state index contributed by atoms with van der Waals surface area (Å²) in [6.45, 7) is 5.39. The van der Waals surface area contributed by atoms with Gasteiger partial charge in [-0.15, -0.1) is 0 Å². The molecule has 0 aliphatic carbocycles. The molecule has 0 unspecified atom stereocenters. The highest BCUT2D eigenvalue weighted by Gasteiger charge is 2.32. The monoisotopic (exact) mass is 312 g/mol. The van der Waals surface area contributed by atoms with Crippen molar-refractivity contribution in [1.29, 1.82) is 0 Å². The highest BCUT2D eigenvalue weighted by Crippen LogP contribution is 2.19. The summed E-state index contributed by atoms with van der Waals surface area (Å²) in [5.74, 6) is -1.71. The van der Waals surface area contributed by atoms with Gasteiger partial charge in [-0.05, 0) is 16.9 Å². The lowest BCUT2D eigenvalue weighted by atomic mass is 9.86. The Morgan fingerprint density at radius 3 is 2.48 bits per heavy atom. The number of hydrogen-bond donors (Lipinski definition) is 3. The van der Waals surface area contributed by atoms with Crippen molar-refractivity contribution in [2.75, 3.05) is 6.54 Å². The molecule has 0 aromatic carbocycles. The zero-order chi connectivity index (χ0) is 16.0. The number of nitrogens with one attached hydrogen (secondary N) is 2. The molecule has 1 atom stereocenters. The molecule has 21 heavy (non-hydrogen) atoms. The van der Waals surface area contributed by atoms with E-state index < -0.39 is 23.3 Å². The van der Waals surface area contributed by atoms with Gasteiger partial charge in [0.05, 0.1) is 0 Å². The first-order chi connectivity index (χ1) is 9.71. The van der Waals surface area contributed by atoms with Crippen molar-refractivity contribution in [2.45, 2.75) is 33.2 Å². The molecule has 0 radical (unpaired) electrons. The van der Waals surface area contributed by atoms with Gasteiger partial charge in [0.2, 0.25) is 5.91 Å². The smallest absolute Gasteiger partial charge is 0.326 e. The van der Waals surface area contributed by atoms with Crippen LogP contribution < -0.4 is 10.6 Å². The number of amides is 2. The Kier molecular flexibility index (Phi) is 5.90. The molecule has 116 valence electrons. The molecule has 0 spiro atoms. The fraction of sp³-hybridized carbons (Fsp3) is 0.500.